The van der Waals surface area contributed by atoms with Crippen molar-refractivity contribution in [2.45, 2.75) is 6.17 Å². The average Bonchev–Trinajstić information content (AvgIpc) is 2.12. The molecule has 0 radical (unpaired) electrons. The Labute approximate surface area is 70.5 Å². The molecule has 1 aliphatic rings. The molecule has 2 rings (SSSR count). The third-order valence-electron chi connectivity index (χ3n) is 1.97. The first-order valence-corrected chi connectivity index (χ1v) is 3.79. The van der Waals surface area contributed by atoms with E-state index >= 15 is 0 Å². The number of nitrogens with one attached hydrogen (secondary N) is 1. The van der Waals surface area contributed by atoms with E-state index in [1.165, 1.54) is 6.20 Å². The first-order chi connectivity index (χ1) is 5.79. The number of aliphatic hydroxyl groups is 1. The van der Waals surface area contributed by atoms with Gasteiger partial charge in [0, 0.05) is 11.8 Å². The molecule has 0 saturated heterocycles. The second-order valence-electron chi connectivity index (χ2n) is 2.76. The van der Waals surface area contributed by atoms with E-state index in [-0.39, 0.29) is 11.9 Å². The quantitative estimate of drug-likeness (QED) is 0.535. The highest BCUT2D eigenvalue weighted by Crippen LogP contribution is 2.23. The number of nitrogens with two attached hydrogens (primary N) is 1. The van der Waals surface area contributed by atoms with Crippen LogP contribution in [0, 0.1) is 0 Å². The standard InChI is InChI=1S/C9H10N2O/c10-9-7-4-2-1-3-6(7)8(12)5-11-9/h1-5,9,11-12H,10H2. The van der Waals surface area contributed by atoms with Crippen molar-refractivity contribution in [3.63, 3.8) is 0 Å². The molecule has 1 heterocycles. The largest absolute Gasteiger partial charge is 0.506 e. The molecule has 1 aromatic rings. The van der Waals surface area contributed by atoms with Crippen LogP contribution in [0.4, 0.5) is 0 Å². The summed E-state index contributed by atoms with van der Waals surface area (Å²) in [6.45, 7) is 0. The molecule has 1 unspecified atom stereocenters. The zero-order valence-corrected chi connectivity index (χ0v) is 6.49. The van der Waals surface area contributed by atoms with Crippen LogP contribution in [-0.4, -0.2) is 5.11 Å². The van der Waals surface area contributed by atoms with Gasteiger partial charge in [0.2, 0.25) is 0 Å². The summed E-state index contributed by atoms with van der Waals surface area (Å²) in [6, 6.07) is 7.53. The summed E-state index contributed by atoms with van der Waals surface area (Å²) >= 11 is 0. The zero-order valence-electron chi connectivity index (χ0n) is 6.49. The van der Waals surface area contributed by atoms with E-state index in [2.05, 4.69) is 5.32 Å². The summed E-state index contributed by atoms with van der Waals surface area (Å²) in [4.78, 5) is 0. The predicted molar refractivity (Wildman–Crippen MR) is 47.1 cm³/mol. The summed E-state index contributed by atoms with van der Waals surface area (Å²) in [6.07, 6.45) is 1.31. The van der Waals surface area contributed by atoms with Crippen LogP contribution in [-0.2, 0) is 0 Å². The molecule has 0 fully saturated rings. The van der Waals surface area contributed by atoms with E-state index in [1.807, 2.05) is 24.3 Å². The minimum absolute atomic E-state index is 0.211. The van der Waals surface area contributed by atoms with Gasteiger partial charge < -0.3 is 16.2 Å². The highest BCUT2D eigenvalue weighted by molar-refractivity contribution is 5.64. The number of aliphatic hydroxyl groups excluding tert-OH is 1. The SMILES string of the molecule is NC1NC=C(O)c2ccccc21. The van der Waals surface area contributed by atoms with Crippen LogP contribution in [0.2, 0.25) is 0 Å². The molecule has 0 amide bonds. The maximum Gasteiger partial charge on any atom is 0.138 e. The molecular weight excluding hydrogens is 152 g/mol. The predicted octanol–water partition coefficient (Wildman–Crippen LogP) is 1.10. The van der Waals surface area contributed by atoms with Crippen molar-refractivity contribution >= 4 is 5.76 Å². The average molecular weight is 162 g/mol. The molecule has 0 aliphatic carbocycles. The minimum Gasteiger partial charge on any atom is -0.506 e. The van der Waals surface area contributed by atoms with E-state index in [9.17, 15) is 5.11 Å². The molecule has 3 heteroatoms. The van der Waals surface area contributed by atoms with Gasteiger partial charge in [-0.2, -0.15) is 0 Å². The zero-order chi connectivity index (χ0) is 8.55. The molecule has 4 N–H and O–H groups in total. The second kappa shape index (κ2) is 2.53. The van der Waals surface area contributed by atoms with E-state index < -0.39 is 0 Å². The van der Waals surface area contributed by atoms with Crippen LogP contribution < -0.4 is 11.1 Å². The number of rotatable bonds is 0. The fraction of sp³-hybridized carbons (Fsp3) is 0.111. The van der Waals surface area contributed by atoms with Crippen molar-refractivity contribution < 1.29 is 5.11 Å². The maximum absolute atomic E-state index is 9.42. The van der Waals surface area contributed by atoms with Gasteiger partial charge in [-0.3, -0.25) is 0 Å². The van der Waals surface area contributed by atoms with Crippen LogP contribution in [0.1, 0.15) is 17.3 Å². The molecular formula is C9H10N2O. The molecule has 62 valence electrons. The van der Waals surface area contributed by atoms with E-state index in [4.69, 9.17) is 5.73 Å². The van der Waals surface area contributed by atoms with Crippen LogP contribution >= 0.6 is 0 Å². The van der Waals surface area contributed by atoms with Crippen LogP contribution in [0.5, 0.6) is 0 Å². The Morgan fingerprint density at radius 3 is 2.83 bits per heavy atom. The lowest BCUT2D eigenvalue weighted by Crippen LogP contribution is -2.28. The normalized spacial score (nSPS) is 20.8. The van der Waals surface area contributed by atoms with Crippen molar-refractivity contribution in [3.05, 3.63) is 41.6 Å². The Balaban J connectivity index is 2.58. The summed E-state index contributed by atoms with van der Waals surface area (Å²) in [5.74, 6) is 0.243. The van der Waals surface area contributed by atoms with Crippen LogP contribution in [0.15, 0.2) is 30.5 Å². The Bertz CT molecular complexity index is 333. The molecule has 0 spiro atoms. The second-order valence-corrected chi connectivity index (χ2v) is 2.76. The smallest absolute Gasteiger partial charge is 0.138 e. The molecule has 0 saturated carbocycles. The highest BCUT2D eigenvalue weighted by Gasteiger charge is 2.15. The third kappa shape index (κ3) is 0.950. The lowest BCUT2D eigenvalue weighted by molar-refractivity contribution is 0.490. The van der Waals surface area contributed by atoms with E-state index in [1.54, 1.807) is 0 Å². The van der Waals surface area contributed by atoms with Crippen LogP contribution in [0.25, 0.3) is 5.76 Å². The fourth-order valence-electron chi connectivity index (χ4n) is 1.34. The first-order valence-electron chi connectivity index (χ1n) is 3.79. The monoisotopic (exact) mass is 162 g/mol. The Kier molecular flexibility index (Phi) is 1.52. The molecule has 1 aromatic carbocycles. The van der Waals surface area contributed by atoms with Crippen LogP contribution in [0.3, 0.4) is 0 Å². The minimum atomic E-state index is -0.211. The Morgan fingerprint density at radius 1 is 1.33 bits per heavy atom. The highest BCUT2D eigenvalue weighted by atomic mass is 16.3. The van der Waals surface area contributed by atoms with Crippen molar-refractivity contribution in [3.8, 4) is 0 Å². The number of hydrogen-bond acceptors (Lipinski definition) is 3. The van der Waals surface area contributed by atoms with Gasteiger partial charge in [-0.1, -0.05) is 24.3 Å². The summed E-state index contributed by atoms with van der Waals surface area (Å²) in [7, 11) is 0. The lowest BCUT2D eigenvalue weighted by atomic mass is 10.0. The molecule has 12 heavy (non-hydrogen) atoms. The van der Waals surface area contributed by atoms with Gasteiger partial charge in [-0.15, -0.1) is 0 Å². The van der Waals surface area contributed by atoms with Gasteiger partial charge in [0.05, 0.1) is 0 Å². The summed E-state index contributed by atoms with van der Waals surface area (Å²) < 4.78 is 0. The molecule has 0 aromatic heterocycles. The van der Waals surface area contributed by atoms with Gasteiger partial charge in [0.25, 0.3) is 0 Å². The summed E-state index contributed by atoms with van der Waals surface area (Å²) in [5, 5.41) is 12.3. The van der Waals surface area contributed by atoms with Crippen molar-refractivity contribution in [2.75, 3.05) is 0 Å². The van der Waals surface area contributed by atoms with Crippen molar-refractivity contribution in [1.82, 2.24) is 5.32 Å². The maximum atomic E-state index is 9.42. The van der Waals surface area contributed by atoms with Gasteiger partial charge >= 0.3 is 0 Å². The number of benzene rings is 1. The van der Waals surface area contributed by atoms with E-state index in [0.29, 0.717) is 0 Å². The van der Waals surface area contributed by atoms with Crippen molar-refractivity contribution in [2.24, 2.45) is 5.73 Å². The molecule has 3 nitrogen and oxygen atoms in total. The topological polar surface area (TPSA) is 58.3 Å². The van der Waals surface area contributed by atoms with Gasteiger partial charge in [0.15, 0.2) is 0 Å². The fourth-order valence-corrected chi connectivity index (χ4v) is 1.34. The molecule has 1 aliphatic heterocycles. The lowest BCUT2D eigenvalue weighted by Gasteiger charge is -2.21. The molecule has 0 bridgehead atoms. The Morgan fingerprint density at radius 2 is 2.08 bits per heavy atom. The Hall–Kier alpha value is -1.48. The van der Waals surface area contributed by atoms with Crippen molar-refractivity contribution in [1.29, 1.82) is 0 Å². The first kappa shape index (κ1) is 7.18. The summed E-state index contributed by atoms with van der Waals surface area (Å²) in [5.41, 5.74) is 7.48. The third-order valence-corrected chi connectivity index (χ3v) is 1.97. The number of fused-ring (bicyclic) bond motifs is 1. The number of hydrogen-bond donors (Lipinski definition) is 3. The van der Waals surface area contributed by atoms with Gasteiger partial charge in [-0.05, 0) is 5.56 Å². The van der Waals surface area contributed by atoms with E-state index in [0.717, 1.165) is 11.1 Å². The van der Waals surface area contributed by atoms with Gasteiger partial charge in [0.1, 0.15) is 11.9 Å². The van der Waals surface area contributed by atoms with Gasteiger partial charge in [-0.25, -0.2) is 0 Å². The molecule has 1 atom stereocenters.